The molecule has 1 unspecified atom stereocenters. The molecule has 0 aliphatic heterocycles. The van der Waals surface area contributed by atoms with Crippen molar-refractivity contribution in [2.45, 2.75) is 31.8 Å². The van der Waals surface area contributed by atoms with Crippen molar-refractivity contribution in [2.75, 3.05) is 13.6 Å². The molecule has 0 spiro atoms. The van der Waals surface area contributed by atoms with Crippen LogP contribution in [0.1, 0.15) is 18.9 Å². The zero-order valence-electron chi connectivity index (χ0n) is 10.5. The lowest BCUT2D eigenvalue weighted by molar-refractivity contribution is -0.109. The van der Waals surface area contributed by atoms with Gasteiger partial charge in [0, 0.05) is 25.0 Å². The molecule has 94 valence electrons. The van der Waals surface area contributed by atoms with Crippen molar-refractivity contribution in [1.29, 1.82) is 0 Å². The molecule has 0 aliphatic rings. The first-order valence-corrected chi connectivity index (χ1v) is 6.01. The van der Waals surface area contributed by atoms with E-state index in [0.717, 1.165) is 25.7 Å². The van der Waals surface area contributed by atoms with Gasteiger partial charge in [-0.15, -0.1) is 0 Å². The second-order valence-corrected chi connectivity index (χ2v) is 4.22. The van der Waals surface area contributed by atoms with Crippen molar-refractivity contribution >= 4 is 6.29 Å². The van der Waals surface area contributed by atoms with Crippen LogP contribution in [0, 0.1) is 0 Å². The molecule has 2 N–H and O–H groups in total. The van der Waals surface area contributed by atoms with Crippen LogP contribution in [0.2, 0.25) is 0 Å². The van der Waals surface area contributed by atoms with Gasteiger partial charge in [-0.25, -0.2) is 0 Å². The Morgan fingerprint density at radius 2 is 2.35 bits per heavy atom. The average Bonchev–Trinajstić information content (AvgIpc) is 2.39. The topological polar surface area (TPSA) is 54.0 Å². The molecule has 0 radical (unpaired) electrons. The number of carbonyl (C=O) groups is 1. The quantitative estimate of drug-likeness (QED) is 0.654. The van der Waals surface area contributed by atoms with E-state index in [2.05, 4.69) is 21.7 Å². The van der Waals surface area contributed by atoms with Gasteiger partial charge in [-0.1, -0.05) is 6.07 Å². The van der Waals surface area contributed by atoms with Crippen LogP contribution < -0.4 is 10.6 Å². The first-order chi connectivity index (χ1) is 8.26. The summed E-state index contributed by atoms with van der Waals surface area (Å²) >= 11 is 0. The van der Waals surface area contributed by atoms with Crippen molar-refractivity contribution in [3.63, 3.8) is 0 Å². The summed E-state index contributed by atoms with van der Waals surface area (Å²) in [5.41, 5.74) is 1.25. The van der Waals surface area contributed by atoms with Gasteiger partial charge in [-0.05, 0) is 38.4 Å². The Balaban J connectivity index is 2.30. The molecule has 0 saturated carbocycles. The van der Waals surface area contributed by atoms with Crippen molar-refractivity contribution in [1.82, 2.24) is 15.6 Å². The number of carbonyl (C=O) groups excluding carboxylic acids is 1. The van der Waals surface area contributed by atoms with Gasteiger partial charge in [0.15, 0.2) is 0 Å². The number of hydrogen-bond donors (Lipinski definition) is 2. The van der Waals surface area contributed by atoms with Gasteiger partial charge in [-0.2, -0.15) is 0 Å². The van der Waals surface area contributed by atoms with Crippen molar-refractivity contribution in [3.8, 4) is 0 Å². The number of aldehydes is 1. The van der Waals surface area contributed by atoms with Crippen LogP contribution in [-0.2, 0) is 11.2 Å². The van der Waals surface area contributed by atoms with E-state index >= 15 is 0 Å². The second-order valence-electron chi connectivity index (χ2n) is 4.22. The third-order valence-corrected chi connectivity index (χ3v) is 2.80. The van der Waals surface area contributed by atoms with Crippen LogP contribution in [0.5, 0.6) is 0 Å². The maximum atomic E-state index is 10.5. The number of likely N-dealkylation sites (N-methyl/N-ethyl adjacent to an activating group) is 1. The van der Waals surface area contributed by atoms with Crippen molar-refractivity contribution in [3.05, 3.63) is 30.1 Å². The minimum Gasteiger partial charge on any atom is -0.316 e. The lowest BCUT2D eigenvalue weighted by atomic mass is 10.1. The number of hydrogen-bond acceptors (Lipinski definition) is 4. The SMILES string of the molecule is CN[C@@H](CCc1cccnc1)CNC(C)C=O. The highest BCUT2D eigenvalue weighted by Crippen LogP contribution is 2.03. The number of aryl methyl sites for hydroxylation is 1. The van der Waals surface area contributed by atoms with E-state index in [1.807, 2.05) is 26.2 Å². The smallest absolute Gasteiger partial charge is 0.136 e. The minimum absolute atomic E-state index is 0.0794. The summed E-state index contributed by atoms with van der Waals surface area (Å²) in [6.45, 7) is 2.66. The summed E-state index contributed by atoms with van der Waals surface area (Å²) in [5.74, 6) is 0. The molecule has 2 atom stereocenters. The van der Waals surface area contributed by atoms with E-state index in [0.29, 0.717) is 6.04 Å². The lowest BCUT2D eigenvalue weighted by Gasteiger charge is -2.18. The molecule has 4 heteroatoms. The fraction of sp³-hybridized carbons (Fsp3) is 0.538. The molecule has 0 aliphatic carbocycles. The molecule has 17 heavy (non-hydrogen) atoms. The molecule has 0 aromatic carbocycles. The largest absolute Gasteiger partial charge is 0.316 e. The van der Waals surface area contributed by atoms with E-state index in [-0.39, 0.29) is 6.04 Å². The van der Waals surface area contributed by atoms with Crippen LogP contribution in [0.4, 0.5) is 0 Å². The van der Waals surface area contributed by atoms with E-state index < -0.39 is 0 Å². The summed E-state index contributed by atoms with van der Waals surface area (Å²) in [6.07, 6.45) is 6.63. The summed E-state index contributed by atoms with van der Waals surface area (Å²) in [7, 11) is 1.95. The molecule has 4 nitrogen and oxygen atoms in total. The van der Waals surface area contributed by atoms with Gasteiger partial charge < -0.3 is 15.4 Å². The Morgan fingerprint density at radius 1 is 1.53 bits per heavy atom. The average molecular weight is 235 g/mol. The summed E-state index contributed by atoms with van der Waals surface area (Å²) in [6, 6.07) is 4.33. The molecular weight excluding hydrogens is 214 g/mol. The van der Waals surface area contributed by atoms with Crippen molar-refractivity contribution in [2.24, 2.45) is 0 Å². The van der Waals surface area contributed by atoms with Gasteiger partial charge in [0.1, 0.15) is 6.29 Å². The van der Waals surface area contributed by atoms with E-state index in [1.165, 1.54) is 5.56 Å². The number of rotatable bonds is 8. The van der Waals surface area contributed by atoms with Gasteiger partial charge in [-0.3, -0.25) is 4.98 Å². The van der Waals surface area contributed by atoms with Crippen molar-refractivity contribution < 1.29 is 4.79 Å². The number of nitrogens with zero attached hydrogens (tertiary/aromatic N) is 1. The Morgan fingerprint density at radius 3 is 2.94 bits per heavy atom. The Hall–Kier alpha value is -1.26. The van der Waals surface area contributed by atoms with E-state index in [1.54, 1.807) is 6.20 Å². The van der Waals surface area contributed by atoms with Crippen LogP contribution in [-0.4, -0.2) is 36.9 Å². The normalized spacial score (nSPS) is 14.2. The fourth-order valence-electron chi connectivity index (χ4n) is 1.61. The highest BCUT2D eigenvalue weighted by molar-refractivity contribution is 5.56. The maximum Gasteiger partial charge on any atom is 0.136 e. The Labute approximate surface area is 103 Å². The monoisotopic (exact) mass is 235 g/mol. The van der Waals surface area contributed by atoms with Gasteiger partial charge in [0.05, 0.1) is 6.04 Å². The third-order valence-electron chi connectivity index (χ3n) is 2.80. The summed E-state index contributed by atoms with van der Waals surface area (Å²) < 4.78 is 0. The van der Waals surface area contributed by atoms with Crippen LogP contribution in [0.25, 0.3) is 0 Å². The fourth-order valence-corrected chi connectivity index (χ4v) is 1.61. The zero-order valence-corrected chi connectivity index (χ0v) is 10.5. The number of aromatic nitrogens is 1. The predicted octanol–water partition coefficient (Wildman–Crippen LogP) is 0.779. The highest BCUT2D eigenvalue weighted by atomic mass is 16.1. The molecule has 1 aromatic rings. The second kappa shape index (κ2) is 7.92. The molecule has 0 bridgehead atoms. The first kappa shape index (κ1) is 13.8. The molecule has 0 fully saturated rings. The van der Waals surface area contributed by atoms with Gasteiger partial charge in [0.25, 0.3) is 0 Å². The lowest BCUT2D eigenvalue weighted by Crippen LogP contribution is -2.41. The van der Waals surface area contributed by atoms with E-state index in [9.17, 15) is 4.79 Å². The maximum absolute atomic E-state index is 10.5. The predicted molar refractivity (Wildman–Crippen MR) is 68.9 cm³/mol. The standard InChI is InChI=1S/C13H21N3O/c1-11(10-17)16-9-13(14-2)6-5-12-4-3-7-15-8-12/h3-4,7-8,10-11,13-14,16H,5-6,9H2,1-2H3/t11?,13-/m0/s1. The molecule has 0 amide bonds. The highest BCUT2D eigenvalue weighted by Gasteiger charge is 2.07. The molecule has 0 saturated heterocycles. The third kappa shape index (κ3) is 5.56. The van der Waals surface area contributed by atoms with Gasteiger partial charge in [0.2, 0.25) is 0 Å². The molecule has 1 heterocycles. The summed E-state index contributed by atoms with van der Waals surface area (Å²) in [5, 5.41) is 6.43. The van der Waals surface area contributed by atoms with Crippen LogP contribution in [0.3, 0.4) is 0 Å². The van der Waals surface area contributed by atoms with Crippen LogP contribution >= 0.6 is 0 Å². The molecule has 1 rings (SSSR count). The van der Waals surface area contributed by atoms with Crippen LogP contribution in [0.15, 0.2) is 24.5 Å². The Bertz CT molecular complexity index is 316. The molecular formula is C13H21N3O. The summed E-state index contributed by atoms with van der Waals surface area (Å²) in [4.78, 5) is 14.6. The number of nitrogens with one attached hydrogen (secondary N) is 2. The first-order valence-electron chi connectivity index (χ1n) is 6.01. The Kier molecular flexibility index (Phi) is 6.43. The zero-order chi connectivity index (χ0) is 12.5. The van der Waals surface area contributed by atoms with E-state index in [4.69, 9.17) is 0 Å². The molecule has 1 aromatic heterocycles. The number of pyridine rings is 1. The van der Waals surface area contributed by atoms with Gasteiger partial charge >= 0.3 is 0 Å². The minimum atomic E-state index is -0.0794.